The molecule has 0 atom stereocenters. The third-order valence-electron chi connectivity index (χ3n) is 5.87. The molecule has 3 aromatic rings. The summed E-state index contributed by atoms with van der Waals surface area (Å²) >= 11 is 1.54. The van der Waals surface area contributed by atoms with Crippen LogP contribution in [0.1, 0.15) is 30.7 Å². The molecule has 162 valence electrons. The van der Waals surface area contributed by atoms with Crippen LogP contribution in [0, 0.1) is 6.92 Å². The fourth-order valence-electron chi connectivity index (χ4n) is 4.20. The number of thiazole rings is 1. The van der Waals surface area contributed by atoms with Crippen LogP contribution < -0.4 is 9.80 Å². The van der Waals surface area contributed by atoms with Gasteiger partial charge in [0.2, 0.25) is 5.91 Å². The van der Waals surface area contributed by atoms with Crippen molar-refractivity contribution in [3.8, 4) is 0 Å². The Kier molecular flexibility index (Phi) is 6.68. The van der Waals surface area contributed by atoms with Crippen LogP contribution >= 0.6 is 11.3 Å². The Morgan fingerprint density at radius 1 is 1.06 bits per heavy atom. The molecule has 0 bridgehead atoms. The number of carbonyl (C=O) groups is 1. The lowest BCUT2D eigenvalue weighted by Gasteiger charge is -2.36. The van der Waals surface area contributed by atoms with Gasteiger partial charge >= 0.3 is 0 Å². The summed E-state index contributed by atoms with van der Waals surface area (Å²) < 4.78 is 0. The summed E-state index contributed by atoms with van der Waals surface area (Å²) in [6, 6.07) is 16.7. The van der Waals surface area contributed by atoms with E-state index >= 15 is 0 Å². The number of amides is 1. The molecular weight excluding hydrogens is 404 g/mol. The maximum atomic E-state index is 12.5. The van der Waals surface area contributed by atoms with Gasteiger partial charge < -0.3 is 4.90 Å². The standard InChI is InChI=1S/C25H30N4OS/c1-4-21-10-6-8-12-24(21)29(20(3)30)25-26-22(18-31-25)17-27-13-15-28(16-14-27)23-11-7-5-9-19(23)2/h5-12,18H,4,13-17H2,1-3H3. The van der Waals surface area contributed by atoms with E-state index in [1.165, 1.54) is 11.3 Å². The van der Waals surface area contributed by atoms with Gasteiger partial charge in [0.1, 0.15) is 0 Å². The summed E-state index contributed by atoms with van der Waals surface area (Å²) in [7, 11) is 0. The van der Waals surface area contributed by atoms with E-state index in [4.69, 9.17) is 4.98 Å². The summed E-state index contributed by atoms with van der Waals surface area (Å²) in [5.41, 5.74) is 5.79. The smallest absolute Gasteiger partial charge is 0.230 e. The minimum absolute atomic E-state index is 0.00588. The monoisotopic (exact) mass is 434 g/mol. The Morgan fingerprint density at radius 2 is 1.77 bits per heavy atom. The van der Waals surface area contributed by atoms with Gasteiger partial charge in [0.25, 0.3) is 0 Å². The first-order chi connectivity index (χ1) is 15.1. The lowest BCUT2D eigenvalue weighted by Crippen LogP contribution is -2.46. The number of piperazine rings is 1. The van der Waals surface area contributed by atoms with Crippen LogP contribution in [0.4, 0.5) is 16.5 Å². The number of anilines is 3. The van der Waals surface area contributed by atoms with Crippen LogP contribution in [0.5, 0.6) is 0 Å². The highest BCUT2D eigenvalue weighted by Crippen LogP contribution is 2.32. The third kappa shape index (κ3) is 4.81. The first kappa shape index (κ1) is 21.5. The number of hydrogen-bond acceptors (Lipinski definition) is 5. The molecule has 1 fully saturated rings. The van der Waals surface area contributed by atoms with Gasteiger partial charge in [0, 0.05) is 50.7 Å². The van der Waals surface area contributed by atoms with Crippen LogP contribution in [0.15, 0.2) is 53.9 Å². The van der Waals surface area contributed by atoms with Gasteiger partial charge in [0.15, 0.2) is 5.13 Å². The molecule has 2 aromatic carbocycles. The fraction of sp³-hybridized carbons (Fsp3) is 0.360. The molecule has 0 radical (unpaired) electrons. The molecule has 1 saturated heterocycles. The van der Waals surface area contributed by atoms with Gasteiger partial charge in [-0.05, 0) is 36.6 Å². The SMILES string of the molecule is CCc1ccccc1N(C(C)=O)c1nc(CN2CCN(c3ccccc3C)CC2)cs1. The third-order valence-corrected chi connectivity index (χ3v) is 6.75. The molecule has 1 amide bonds. The van der Waals surface area contributed by atoms with Crippen molar-refractivity contribution in [1.29, 1.82) is 0 Å². The predicted molar refractivity (Wildman–Crippen MR) is 129 cm³/mol. The van der Waals surface area contributed by atoms with Crippen molar-refractivity contribution >= 4 is 33.8 Å². The first-order valence-electron chi connectivity index (χ1n) is 10.9. The number of aryl methyl sites for hydroxylation is 2. The van der Waals surface area contributed by atoms with Gasteiger partial charge in [0.05, 0.1) is 11.4 Å². The number of benzene rings is 2. The van der Waals surface area contributed by atoms with E-state index in [1.807, 2.05) is 18.2 Å². The predicted octanol–water partition coefficient (Wildman–Crippen LogP) is 5.02. The van der Waals surface area contributed by atoms with E-state index < -0.39 is 0 Å². The van der Waals surface area contributed by atoms with Crippen LogP contribution in [0.3, 0.4) is 0 Å². The average molecular weight is 435 g/mol. The zero-order chi connectivity index (χ0) is 21.8. The van der Waals surface area contributed by atoms with Gasteiger partial charge in [-0.3, -0.25) is 14.6 Å². The van der Waals surface area contributed by atoms with Gasteiger partial charge in [-0.25, -0.2) is 4.98 Å². The van der Waals surface area contributed by atoms with E-state index in [9.17, 15) is 4.79 Å². The molecule has 1 aromatic heterocycles. The zero-order valence-electron chi connectivity index (χ0n) is 18.5. The molecule has 1 aliphatic rings. The summed E-state index contributed by atoms with van der Waals surface area (Å²) in [5, 5.41) is 2.84. The summed E-state index contributed by atoms with van der Waals surface area (Å²) in [4.78, 5) is 24.0. The maximum Gasteiger partial charge on any atom is 0.230 e. The first-order valence-corrected chi connectivity index (χ1v) is 11.8. The van der Waals surface area contributed by atoms with E-state index in [-0.39, 0.29) is 5.91 Å². The fourth-order valence-corrected chi connectivity index (χ4v) is 5.07. The van der Waals surface area contributed by atoms with Gasteiger partial charge in [-0.15, -0.1) is 11.3 Å². The number of carbonyl (C=O) groups excluding carboxylic acids is 1. The highest BCUT2D eigenvalue weighted by Gasteiger charge is 2.22. The molecule has 0 unspecified atom stereocenters. The van der Waals surface area contributed by atoms with Gasteiger partial charge in [-0.1, -0.05) is 43.3 Å². The van der Waals surface area contributed by atoms with E-state index in [2.05, 4.69) is 59.4 Å². The van der Waals surface area contributed by atoms with Crippen LogP contribution in [-0.4, -0.2) is 42.0 Å². The molecule has 6 heteroatoms. The van der Waals surface area contributed by atoms with Crippen molar-refractivity contribution in [3.05, 3.63) is 70.7 Å². The minimum atomic E-state index is -0.00588. The molecule has 31 heavy (non-hydrogen) atoms. The molecular formula is C25H30N4OS. The molecule has 1 aliphatic heterocycles. The van der Waals surface area contributed by atoms with Crippen molar-refractivity contribution in [2.75, 3.05) is 36.0 Å². The topological polar surface area (TPSA) is 39.7 Å². The molecule has 2 heterocycles. The number of rotatable bonds is 6. The zero-order valence-corrected chi connectivity index (χ0v) is 19.4. The lowest BCUT2D eigenvalue weighted by atomic mass is 10.1. The Balaban J connectivity index is 1.43. The Morgan fingerprint density at radius 3 is 2.48 bits per heavy atom. The van der Waals surface area contributed by atoms with Crippen molar-refractivity contribution in [2.45, 2.75) is 33.7 Å². The Hall–Kier alpha value is -2.70. The van der Waals surface area contributed by atoms with Crippen molar-refractivity contribution in [1.82, 2.24) is 9.88 Å². The summed E-state index contributed by atoms with van der Waals surface area (Å²) in [6.45, 7) is 10.8. The molecule has 0 N–H and O–H groups in total. The normalized spacial score (nSPS) is 14.6. The molecule has 5 nitrogen and oxygen atoms in total. The van der Waals surface area contributed by atoms with Crippen molar-refractivity contribution in [3.63, 3.8) is 0 Å². The Bertz CT molecular complexity index is 1040. The minimum Gasteiger partial charge on any atom is -0.369 e. The molecule has 4 rings (SSSR count). The highest BCUT2D eigenvalue weighted by molar-refractivity contribution is 7.14. The number of para-hydroxylation sites is 2. The average Bonchev–Trinajstić information content (AvgIpc) is 3.23. The maximum absolute atomic E-state index is 12.5. The van der Waals surface area contributed by atoms with Crippen molar-refractivity contribution in [2.24, 2.45) is 0 Å². The quantitative estimate of drug-likeness (QED) is 0.546. The second-order valence-corrected chi connectivity index (χ2v) is 8.84. The molecule has 0 saturated carbocycles. The van der Waals surface area contributed by atoms with Crippen molar-refractivity contribution < 1.29 is 4.79 Å². The van der Waals surface area contributed by atoms with Crippen LogP contribution in [-0.2, 0) is 17.8 Å². The number of nitrogens with zero attached hydrogens (tertiary/aromatic N) is 4. The number of aromatic nitrogens is 1. The molecule has 0 spiro atoms. The second kappa shape index (κ2) is 9.62. The van der Waals surface area contributed by atoms with E-state index in [1.54, 1.807) is 23.2 Å². The van der Waals surface area contributed by atoms with Gasteiger partial charge in [-0.2, -0.15) is 0 Å². The largest absolute Gasteiger partial charge is 0.369 e. The summed E-state index contributed by atoms with van der Waals surface area (Å²) in [5.74, 6) is -0.00588. The van der Waals surface area contributed by atoms with E-state index in [0.717, 1.165) is 61.2 Å². The van der Waals surface area contributed by atoms with Crippen LogP contribution in [0.25, 0.3) is 0 Å². The van der Waals surface area contributed by atoms with E-state index in [0.29, 0.717) is 0 Å². The second-order valence-electron chi connectivity index (χ2n) is 8.01. The lowest BCUT2D eigenvalue weighted by molar-refractivity contribution is -0.115. The number of hydrogen-bond donors (Lipinski definition) is 0. The molecule has 0 aliphatic carbocycles. The Labute approximate surface area is 188 Å². The van der Waals surface area contributed by atoms with Crippen LogP contribution in [0.2, 0.25) is 0 Å². The highest BCUT2D eigenvalue weighted by atomic mass is 32.1. The summed E-state index contributed by atoms with van der Waals surface area (Å²) in [6.07, 6.45) is 0.878.